The molecule has 1 heterocycles. The van der Waals surface area contributed by atoms with Crippen LogP contribution in [0.3, 0.4) is 0 Å². The zero-order valence-electron chi connectivity index (χ0n) is 12.6. The minimum Gasteiger partial charge on any atom is -0.497 e. The third kappa shape index (κ3) is 3.28. The zero-order valence-corrected chi connectivity index (χ0v) is 12.6. The quantitative estimate of drug-likeness (QED) is 0.706. The van der Waals surface area contributed by atoms with Gasteiger partial charge in [-0.25, -0.2) is 4.98 Å². The molecule has 0 fully saturated rings. The second-order valence-corrected chi connectivity index (χ2v) is 4.98. The lowest BCUT2D eigenvalue weighted by molar-refractivity contribution is 0.301. The summed E-state index contributed by atoms with van der Waals surface area (Å²) in [5, 5.41) is 0. The summed E-state index contributed by atoms with van der Waals surface area (Å²) < 4.78 is 16.4. The van der Waals surface area contributed by atoms with Crippen LogP contribution in [0, 0.1) is 6.92 Å². The number of hydrogen-bond acceptors (Lipinski definition) is 4. The minimum absolute atomic E-state index is 0.372. The first-order valence-electron chi connectivity index (χ1n) is 7.03. The molecule has 0 spiro atoms. The van der Waals surface area contributed by atoms with Crippen molar-refractivity contribution in [3.8, 4) is 23.0 Å². The Morgan fingerprint density at radius 1 is 1.05 bits per heavy atom. The molecule has 3 aromatic rings. The number of benzene rings is 2. The van der Waals surface area contributed by atoms with Gasteiger partial charge in [0.15, 0.2) is 0 Å². The van der Waals surface area contributed by atoms with E-state index >= 15 is 0 Å². The fraction of sp³-hybridized carbons (Fsp3) is 0.167. The standard InChI is InChI=1S/C18H17NO3/c1-13-5-3-8-17(9-13)21-11-15-12-22-18(19-15)14-6-4-7-16(10-14)20-2/h3-10,12H,11H2,1-2H3. The lowest BCUT2D eigenvalue weighted by Crippen LogP contribution is -1.95. The van der Waals surface area contributed by atoms with E-state index in [4.69, 9.17) is 13.9 Å². The first kappa shape index (κ1) is 14.2. The lowest BCUT2D eigenvalue weighted by atomic mass is 10.2. The van der Waals surface area contributed by atoms with Gasteiger partial charge in [-0.3, -0.25) is 0 Å². The second-order valence-electron chi connectivity index (χ2n) is 4.98. The molecule has 0 aliphatic rings. The van der Waals surface area contributed by atoms with Crippen molar-refractivity contribution >= 4 is 0 Å². The van der Waals surface area contributed by atoms with Crippen molar-refractivity contribution in [1.82, 2.24) is 4.98 Å². The van der Waals surface area contributed by atoms with Gasteiger partial charge < -0.3 is 13.9 Å². The SMILES string of the molecule is COc1cccc(-c2nc(COc3cccc(C)c3)co2)c1. The molecule has 0 aliphatic carbocycles. The molecule has 0 saturated heterocycles. The molecule has 0 atom stereocenters. The van der Waals surface area contributed by atoms with E-state index in [1.807, 2.05) is 55.5 Å². The first-order valence-corrected chi connectivity index (χ1v) is 7.03. The number of aromatic nitrogens is 1. The predicted molar refractivity (Wildman–Crippen MR) is 84.0 cm³/mol. The summed E-state index contributed by atoms with van der Waals surface area (Å²) in [6, 6.07) is 15.5. The van der Waals surface area contributed by atoms with E-state index in [2.05, 4.69) is 4.98 Å². The summed E-state index contributed by atoms with van der Waals surface area (Å²) in [5.41, 5.74) is 2.79. The van der Waals surface area contributed by atoms with E-state index in [1.165, 1.54) is 0 Å². The number of nitrogens with zero attached hydrogens (tertiary/aromatic N) is 1. The normalized spacial score (nSPS) is 10.5. The van der Waals surface area contributed by atoms with Crippen LogP contribution in [-0.4, -0.2) is 12.1 Å². The third-order valence-electron chi connectivity index (χ3n) is 3.24. The van der Waals surface area contributed by atoms with Crippen LogP contribution < -0.4 is 9.47 Å². The van der Waals surface area contributed by atoms with Crippen LogP contribution >= 0.6 is 0 Å². The highest BCUT2D eigenvalue weighted by Crippen LogP contribution is 2.23. The smallest absolute Gasteiger partial charge is 0.226 e. The molecule has 0 aliphatic heterocycles. The van der Waals surface area contributed by atoms with Crippen molar-refractivity contribution in [3.05, 3.63) is 66.1 Å². The maximum atomic E-state index is 5.72. The molecule has 4 heteroatoms. The van der Waals surface area contributed by atoms with Crippen LogP contribution in [0.15, 0.2) is 59.2 Å². The van der Waals surface area contributed by atoms with E-state index in [0.29, 0.717) is 12.5 Å². The van der Waals surface area contributed by atoms with Crippen molar-refractivity contribution in [3.63, 3.8) is 0 Å². The molecule has 1 aromatic heterocycles. The molecular weight excluding hydrogens is 278 g/mol. The van der Waals surface area contributed by atoms with Crippen LogP contribution in [0.25, 0.3) is 11.5 Å². The number of rotatable bonds is 5. The predicted octanol–water partition coefficient (Wildman–Crippen LogP) is 4.24. The summed E-state index contributed by atoms with van der Waals surface area (Å²) in [6.07, 6.45) is 1.62. The van der Waals surface area contributed by atoms with Crippen LogP contribution in [0.1, 0.15) is 11.3 Å². The molecule has 0 amide bonds. The summed E-state index contributed by atoms with van der Waals surface area (Å²) in [5.74, 6) is 2.15. The van der Waals surface area contributed by atoms with Gasteiger partial charge in [-0.2, -0.15) is 0 Å². The topological polar surface area (TPSA) is 44.5 Å². The molecule has 0 N–H and O–H groups in total. The summed E-state index contributed by atoms with van der Waals surface area (Å²) in [7, 11) is 1.63. The number of methoxy groups -OCH3 is 1. The largest absolute Gasteiger partial charge is 0.497 e. The monoisotopic (exact) mass is 295 g/mol. The molecule has 4 nitrogen and oxygen atoms in total. The highest BCUT2D eigenvalue weighted by Gasteiger charge is 2.08. The van der Waals surface area contributed by atoms with Crippen LogP contribution in [-0.2, 0) is 6.61 Å². The maximum Gasteiger partial charge on any atom is 0.226 e. The van der Waals surface area contributed by atoms with Gasteiger partial charge in [-0.1, -0.05) is 18.2 Å². The fourth-order valence-electron chi connectivity index (χ4n) is 2.12. The molecule has 2 aromatic carbocycles. The van der Waals surface area contributed by atoms with Gasteiger partial charge >= 0.3 is 0 Å². The second kappa shape index (κ2) is 6.35. The van der Waals surface area contributed by atoms with Gasteiger partial charge in [0, 0.05) is 5.56 Å². The van der Waals surface area contributed by atoms with Crippen molar-refractivity contribution in [2.24, 2.45) is 0 Å². The third-order valence-corrected chi connectivity index (χ3v) is 3.24. The van der Waals surface area contributed by atoms with Crippen molar-refractivity contribution in [1.29, 1.82) is 0 Å². The van der Waals surface area contributed by atoms with E-state index in [9.17, 15) is 0 Å². The maximum absolute atomic E-state index is 5.72. The number of oxazole rings is 1. The van der Waals surface area contributed by atoms with Gasteiger partial charge in [-0.05, 0) is 42.8 Å². The molecule has 0 bridgehead atoms. The average molecular weight is 295 g/mol. The number of hydrogen-bond donors (Lipinski definition) is 0. The van der Waals surface area contributed by atoms with Crippen LogP contribution in [0.5, 0.6) is 11.5 Å². The summed E-state index contributed by atoms with van der Waals surface area (Å²) in [4.78, 5) is 4.45. The highest BCUT2D eigenvalue weighted by atomic mass is 16.5. The highest BCUT2D eigenvalue weighted by molar-refractivity contribution is 5.55. The molecule has 0 radical (unpaired) electrons. The number of aryl methyl sites for hydroxylation is 1. The molecule has 0 saturated carbocycles. The van der Waals surface area contributed by atoms with Crippen LogP contribution in [0.4, 0.5) is 0 Å². The van der Waals surface area contributed by atoms with E-state index < -0.39 is 0 Å². The fourth-order valence-corrected chi connectivity index (χ4v) is 2.12. The summed E-state index contributed by atoms with van der Waals surface area (Å²) in [6.45, 7) is 2.40. The van der Waals surface area contributed by atoms with Gasteiger partial charge in [-0.15, -0.1) is 0 Å². The Hall–Kier alpha value is -2.75. The van der Waals surface area contributed by atoms with Gasteiger partial charge in [0.25, 0.3) is 0 Å². The Balaban J connectivity index is 1.71. The lowest BCUT2D eigenvalue weighted by Gasteiger charge is -2.04. The molecule has 22 heavy (non-hydrogen) atoms. The van der Waals surface area contributed by atoms with Crippen molar-refractivity contribution in [2.75, 3.05) is 7.11 Å². The molecule has 112 valence electrons. The number of ether oxygens (including phenoxy) is 2. The molecular formula is C18H17NO3. The minimum atomic E-state index is 0.372. The van der Waals surface area contributed by atoms with Crippen molar-refractivity contribution in [2.45, 2.75) is 13.5 Å². The Morgan fingerprint density at radius 3 is 2.68 bits per heavy atom. The van der Waals surface area contributed by atoms with E-state index in [1.54, 1.807) is 13.4 Å². The van der Waals surface area contributed by atoms with Crippen molar-refractivity contribution < 1.29 is 13.9 Å². The van der Waals surface area contributed by atoms with Crippen LogP contribution in [0.2, 0.25) is 0 Å². The molecule has 3 rings (SSSR count). The Morgan fingerprint density at radius 2 is 1.86 bits per heavy atom. The Labute approximate surface area is 129 Å². The zero-order chi connectivity index (χ0) is 15.4. The molecule has 0 unspecified atom stereocenters. The van der Waals surface area contributed by atoms with Gasteiger partial charge in [0.2, 0.25) is 5.89 Å². The Bertz CT molecular complexity index is 764. The average Bonchev–Trinajstić information content (AvgIpc) is 3.02. The first-order chi connectivity index (χ1) is 10.7. The van der Waals surface area contributed by atoms with Gasteiger partial charge in [0.1, 0.15) is 30.1 Å². The van der Waals surface area contributed by atoms with Gasteiger partial charge in [0.05, 0.1) is 7.11 Å². The Kier molecular flexibility index (Phi) is 4.10. The van der Waals surface area contributed by atoms with E-state index in [0.717, 1.165) is 28.3 Å². The summed E-state index contributed by atoms with van der Waals surface area (Å²) >= 11 is 0. The van der Waals surface area contributed by atoms with E-state index in [-0.39, 0.29) is 0 Å².